The van der Waals surface area contributed by atoms with Crippen molar-refractivity contribution in [2.45, 2.75) is 54.6 Å². The third kappa shape index (κ3) is 4.36. The van der Waals surface area contributed by atoms with Crippen LogP contribution in [0, 0.1) is 0 Å². The van der Waals surface area contributed by atoms with Crippen molar-refractivity contribution in [2.24, 2.45) is 7.05 Å². The number of imidazole rings is 1. The van der Waals surface area contributed by atoms with Crippen LogP contribution in [0.15, 0.2) is 104 Å². The van der Waals surface area contributed by atoms with E-state index in [9.17, 15) is 9.59 Å². The van der Waals surface area contributed by atoms with E-state index in [1.165, 1.54) is 0 Å². The Labute approximate surface area is 243 Å². The molecule has 1 aliphatic rings. The maximum absolute atomic E-state index is 14.5. The Morgan fingerprint density at radius 2 is 1.30 bits per heavy atom. The summed E-state index contributed by atoms with van der Waals surface area (Å²) in [6.45, 7) is 10.4. The summed E-state index contributed by atoms with van der Waals surface area (Å²) in [4.78, 5) is 35.3. The number of hydrogen-bond acceptors (Lipinski definition) is 4. The van der Waals surface area contributed by atoms with E-state index in [0.717, 1.165) is 16.7 Å². The quantitative estimate of drug-likeness (QED) is 0.0800. The number of hydrogen-bond donors (Lipinski definition) is 0. The number of benzene rings is 3. The number of thioether (sulfide) groups is 1. The van der Waals surface area contributed by atoms with Crippen molar-refractivity contribution < 1.29 is 9.59 Å². The average molecular weight is 568 g/mol. The number of carbonyl (C=O) groups is 2. The molecule has 1 amide bonds. The fourth-order valence-electron chi connectivity index (χ4n) is 5.99. The fraction of sp³-hybridized carbons (Fsp3) is 0.303. The third-order valence-electron chi connectivity index (χ3n) is 7.97. The summed E-state index contributed by atoms with van der Waals surface area (Å²) < 4.78 is 1.11. The van der Waals surface area contributed by atoms with Gasteiger partial charge >= 0.3 is 0 Å². The first-order valence-electron chi connectivity index (χ1n) is 13.8. The maximum Gasteiger partial charge on any atom is 0.237 e. The van der Waals surface area contributed by atoms with Crippen molar-refractivity contribution in [1.29, 1.82) is 0 Å². The SMILES string of the molecule is Cn1cnc(C(=O)C2([SiH](C)C)C(=O)N(C(C)(C)C)C2SC(c2ccccc2)(c2ccccc2)c2ccccc2)c1. The van der Waals surface area contributed by atoms with Crippen molar-refractivity contribution in [3.05, 3.63) is 126 Å². The molecule has 1 aliphatic heterocycles. The number of β-lactam (4-membered cyclic amide) rings is 1. The highest BCUT2D eigenvalue weighted by molar-refractivity contribution is 8.01. The highest BCUT2D eigenvalue weighted by Crippen LogP contribution is 2.63. The van der Waals surface area contributed by atoms with Gasteiger partial charge in [0.25, 0.3) is 0 Å². The lowest BCUT2D eigenvalue weighted by atomic mass is 9.83. The van der Waals surface area contributed by atoms with Gasteiger partial charge in [-0.15, -0.1) is 11.8 Å². The Bertz CT molecular complexity index is 1400. The molecule has 1 fully saturated rings. The van der Waals surface area contributed by atoms with Gasteiger partial charge in [0.05, 0.1) is 25.2 Å². The van der Waals surface area contributed by atoms with Crippen LogP contribution in [0.2, 0.25) is 18.1 Å². The number of nitrogens with zero attached hydrogens (tertiary/aromatic N) is 3. The number of ketones is 1. The highest BCUT2D eigenvalue weighted by Gasteiger charge is 2.71. The Balaban J connectivity index is 1.80. The predicted octanol–water partition coefficient (Wildman–Crippen LogP) is 6.52. The predicted molar refractivity (Wildman–Crippen MR) is 166 cm³/mol. The molecule has 206 valence electrons. The first-order valence-corrected chi connectivity index (χ1v) is 17.5. The topological polar surface area (TPSA) is 55.2 Å². The summed E-state index contributed by atoms with van der Waals surface area (Å²) in [5, 5.41) is -1.52. The van der Waals surface area contributed by atoms with E-state index < -0.39 is 24.1 Å². The second-order valence-electron chi connectivity index (χ2n) is 11.9. The van der Waals surface area contributed by atoms with Crippen LogP contribution in [-0.4, -0.2) is 45.9 Å². The van der Waals surface area contributed by atoms with E-state index in [-0.39, 0.29) is 17.1 Å². The highest BCUT2D eigenvalue weighted by atomic mass is 32.2. The van der Waals surface area contributed by atoms with E-state index in [2.05, 4.69) is 112 Å². The Hall–Kier alpha value is -3.42. The first kappa shape index (κ1) is 28.1. The van der Waals surface area contributed by atoms with Crippen molar-refractivity contribution >= 4 is 32.2 Å². The van der Waals surface area contributed by atoms with Gasteiger partial charge in [0.2, 0.25) is 5.91 Å². The molecule has 5 rings (SSSR count). The number of likely N-dealkylation sites (tertiary alicyclic amines) is 1. The molecule has 2 heterocycles. The zero-order valence-corrected chi connectivity index (χ0v) is 26.0. The molecule has 0 saturated carbocycles. The lowest BCUT2D eigenvalue weighted by molar-refractivity contribution is -0.153. The Morgan fingerprint density at radius 1 is 0.850 bits per heavy atom. The third-order valence-corrected chi connectivity index (χ3v) is 12.7. The van der Waals surface area contributed by atoms with Gasteiger partial charge in [0.1, 0.15) is 10.7 Å². The normalized spacial score (nSPS) is 19.5. The maximum atomic E-state index is 14.5. The number of amides is 1. The van der Waals surface area contributed by atoms with E-state index in [1.54, 1.807) is 28.9 Å². The standard InChI is InChI=1S/C33H37N3O2SSi/c1-31(2,3)36-29(38)33(40(5)6,28(37)27-22-35(4)23-34-27)30(36)39-32(24-16-10-7-11-17-24,25-18-12-8-13-19-25)26-20-14-9-15-21-26/h7-23,30,40H,1-6H3. The van der Waals surface area contributed by atoms with Crippen molar-refractivity contribution in [1.82, 2.24) is 14.5 Å². The largest absolute Gasteiger partial charge is 0.340 e. The molecule has 40 heavy (non-hydrogen) atoms. The molecular formula is C33H37N3O2SSi. The van der Waals surface area contributed by atoms with Crippen LogP contribution in [0.3, 0.4) is 0 Å². The van der Waals surface area contributed by atoms with E-state index in [0.29, 0.717) is 5.69 Å². The molecule has 1 saturated heterocycles. The number of aryl methyl sites for hydroxylation is 1. The zero-order chi connectivity index (χ0) is 28.7. The average Bonchev–Trinajstić information content (AvgIpc) is 3.38. The lowest BCUT2D eigenvalue weighted by Gasteiger charge is -2.62. The molecular weight excluding hydrogens is 531 g/mol. The Morgan fingerprint density at radius 3 is 1.65 bits per heavy atom. The number of rotatable bonds is 8. The van der Waals surface area contributed by atoms with Gasteiger partial charge in [0, 0.05) is 18.8 Å². The molecule has 0 bridgehead atoms. The van der Waals surface area contributed by atoms with Gasteiger partial charge in [0.15, 0.2) is 5.78 Å². The van der Waals surface area contributed by atoms with Gasteiger partial charge in [-0.05, 0) is 37.5 Å². The lowest BCUT2D eigenvalue weighted by Crippen LogP contribution is -2.75. The minimum absolute atomic E-state index is 0.0714. The summed E-state index contributed by atoms with van der Waals surface area (Å²) in [7, 11) is -0.0882. The summed E-state index contributed by atoms with van der Waals surface area (Å²) >= 11 is 1.73. The van der Waals surface area contributed by atoms with Crippen LogP contribution < -0.4 is 0 Å². The van der Waals surface area contributed by atoms with Crippen molar-refractivity contribution in [2.75, 3.05) is 0 Å². The first-order chi connectivity index (χ1) is 19.0. The molecule has 0 aliphatic carbocycles. The fourth-order valence-corrected chi connectivity index (χ4v) is 11.1. The molecule has 0 radical (unpaired) electrons. The minimum atomic E-state index is -1.94. The number of aromatic nitrogens is 2. The zero-order valence-electron chi connectivity index (χ0n) is 24.0. The van der Waals surface area contributed by atoms with Gasteiger partial charge in [-0.3, -0.25) is 9.59 Å². The van der Waals surface area contributed by atoms with Crippen LogP contribution >= 0.6 is 11.8 Å². The molecule has 0 N–H and O–H groups in total. The molecule has 3 aromatic carbocycles. The summed E-state index contributed by atoms with van der Waals surface area (Å²) in [5.74, 6) is -0.223. The van der Waals surface area contributed by atoms with Crippen LogP contribution in [0.25, 0.3) is 0 Å². The molecule has 5 nitrogen and oxygen atoms in total. The van der Waals surface area contributed by atoms with Gasteiger partial charge < -0.3 is 9.47 Å². The molecule has 7 heteroatoms. The van der Waals surface area contributed by atoms with Crippen LogP contribution in [0.5, 0.6) is 0 Å². The number of carbonyl (C=O) groups excluding carboxylic acids is 2. The van der Waals surface area contributed by atoms with Crippen LogP contribution in [0.1, 0.15) is 48.0 Å². The van der Waals surface area contributed by atoms with Gasteiger partial charge in [-0.2, -0.15) is 0 Å². The minimum Gasteiger partial charge on any atom is -0.340 e. The number of Topliss-reactive ketones (excluding diaryl/α,β-unsaturated/α-hetero) is 1. The smallest absolute Gasteiger partial charge is 0.237 e. The van der Waals surface area contributed by atoms with Gasteiger partial charge in [-0.1, -0.05) is 104 Å². The van der Waals surface area contributed by atoms with Crippen LogP contribution in [-0.2, 0) is 16.6 Å². The van der Waals surface area contributed by atoms with E-state index >= 15 is 0 Å². The molecule has 2 atom stereocenters. The van der Waals surface area contributed by atoms with Crippen molar-refractivity contribution in [3.63, 3.8) is 0 Å². The van der Waals surface area contributed by atoms with Crippen molar-refractivity contribution in [3.8, 4) is 0 Å². The summed E-state index contributed by atoms with van der Waals surface area (Å²) in [6, 6.07) is 31.4. The van der Waals surface area contributed by atoms with Gasteiger partial charge in [-0.25, -0.2) is 4.98 Å². The monoisotopic (exact) mass is 567 g/mol. The summed E-state index contributed by atoms with van der Waals surface area (Å²) in [5.41, 5.74) is 3.21. The molecule has 0 spiro atoms. The van der Waals surface area contributed by atoms with E-state index in [1.807, 2.05) is 30.1 Å². The van der Waals surface area contributed by atoms with Crippen LogP contribution in [0.4, 0.5) is 0 Å². The molecule has 1 aromatic heterocycles. The molecule has 2 unspecified atom stereocenters. The molecule has 4 aromatic rings. The second kappa shape index (κ2) is 10.5. The second-order valence-corrected chi connectivity index (χ2v) is 16.4. The summed E-state index contributed by atoms with van der Waals surface area (Å²) in [6.07, 6.45) is 3.38. The van der Waals surface area contributed by atoms with E-state index in [4.69, 9.17) is 0 Å². The Kier molecular flexibility index (Phi) is 7.40.